The van der Waals surface area contributed by atoms with Gasteiger partial charge in [0.25, 0.3) is 0 Å². The van der Waals surface area contributed by atoms with Crippen LogP contribution in [-0.2, 0) is 4.79 Å². The summed E-state index contributed by atoms with van der Waals surface area (Å²) < 4.78 is 0. The summed E-state index contributed by atoms with van der Waals surface area (Å²) in [6.07, 6.45) is 5.31. The standard InChI is InChI=1S/C12H24N2O/c1-3-10(8-13)7-11(15)14-9-12(4-2)5-6-12/h10H,3-9,13H2,1-2H3,(H,14,15). The van der Waals surface area contributed by atoms with Crippen molar-refractivity contribution in [3.05, 3.63) is 0 Å². The molecule has 1 aliphatic carbocycles. The van der Waals surface area contributed by atoms with E-state index in [9.17, 15) is 4.79 Å². The normalized spacial score (nSPS) is 19.7. The van der Waals surface area contributed by atoms with Crippen molar-refractivity contribution >= 4 is 5.91 Å². The van der Waals surface area contributed by atoms with Gasteiger partial charge < -0.3 is 11.1 Å². The van der Waals surface area contributed by atoms with Crippen molar-refractivity contribution in [3.8, 4) is 0 Å². The van der Waals surface area contributed by atoms with Crippen LogP contribution in [-0.4, -0.2) is 19.0 Å². The van der Waals surface area contributed by atoms with E-state index in [0.717, 1.165) is 13.0 Å². The van der Waals surface area contributed by atoms with Crippen molar-refractivity contribution < 1.29 is 4.79 Å². The zero-order valence-electron chi connectivity index (χ0n) is 10.0. The van der Waals surface area contributed by atoms with Gasteiger partial charge in [-0.2, -0.15) is 0 Å². The SMILES string of the molecule is CCC(CN)CC(=O)NCC1(CC)CC1. The Morgan fingerprint density at radius 1 is 1.47 bits per heavy atom. The Kier molecular flexibility index (Phi) is 4.58. The lowest BCUT2D eigenvalue weighted by molar-refractivity contribution is -0.122. The third kappa shape index (κ3) is 3.82. The van der Waals surface area contributed by atoms with E-state index in [1.54, 1.807) is 0 Å². The molecular formula is C12H24N2O. The van der Waals surface area contributed by atoms with E-state index >= 15 is 0 Å². The van der Waals surface area contributed by atoms with Gasteiger partial charge in [0.15, 0.2) is 0 Å². The van der Waals surface area contributed by atoms with Crippen LogP contribution in [0.4, 0.5) is 0 Å². The van der Waals surface area contributed by atoms with Gasteiger partial charge >= 0.3 is 0 Å². The van der Waals surface area contributed by atoms with Crippen LogP contribution in [0, 0.1) is 11.3 Å². The van der Waals surface area contributed by atoms with Crippen LogP contribution in [0.15, 0.2) is 0 Å². The lowest BCUT2D eigenvalue weighted by Gasteiger charge is -2.15. The van der Waals surface area contributed by atoms with Gasteiger partial charge in [-0.15, -0.1) is 0 Å². The predicted molar refractivity (Wildman–Crippen MR) is 62.4 cm³/mol. The fourth-order valence-electron chi connectivity index (χ4n) is 1.85. The van der Waals surface area contributed by atoms with Gasteiger partial charge in [-0.25, -0.2) is 0 Å². The second-order valence-electron chi connectivity index (χ2n) is 4.84. The molecule has 1 aliphatic rings. The zero-order chi connectivity index (χ0) is 11.3. The van der Waals surface area contributed by atoms with Gasteiger partial charge in [-0.05, 0) is 37.1 Å². The Labute approximate surface area is 92.8 Å². The maximum Gasteiger partial charge on any atom is 0.220 e. The smallest absolute Gasteiger partial charge is 0.220 e. The highest BCUT2D eigenvalue weighted by molar-refractivity contribution is 5.76. The number of hydrogen-bond acceptors (Lipinski definition) is 2. The summed E-state index contributed by atoms with van der Waals surface area (Å²) >= 11 is 0. The van der Waals surface area contributed by atoms with Gasteiger partial charge in [0.05, 0.1) is 0 Å². The molecule has 1 unspecified atom stereocenters. The van der Waals surface area contributed by atoms with Crippen molar-refractivity contribution in [1.29, 1.82) is 0 Å². The Hall–Kier alpha value is -0.570. The molecular weight excluding hydrogens is 188 g/mol. The summed E-state index contributed by atoms with van der Waals surface area (Å²) in [6, 6.07) is 0. The van der Waals surface area contributed by atoms with Crippen LogP contribution >= 0.6 is 0 Å². The molecule has 88 valence electrons. The molecule has 0 saturated heterocycles. The number of hydrogen-bond donors (Lipinski definition) is 2. The van der Waals surface area contributed by atoms with E-state index in [-0.39, 0.29) is 5.91 Å². The summed E-state index contributed by atoms with van der Waals surface area (Å²) in [6.45, 7) is 5.76. The molecule has 0 aliphatic heterocycles. The first-order valence-electron chi connectivity index (χ1n) is 6.12. The van der Waals surface area contributed by atoms with Crippen LogP contribution in [0.1, 0.15) is 46.0 Å². The Morgan fingerprint density at radius 2 is 2.13 bits per heavy atom. The molecule has 0 bridgehead atoms. The first-order chi connectivity index (χ1) is 7.15. The number of nitrogens with one attached hydrogen (secondary N) is 1. The number of carbonyl (C=O) groups excluding carboxylic acids is 1. The highest BCUT2D eigenvalue weighted by Crippen LogP contribution is 2.47. The lowest BCUT2D eigenvalue weighted by Crippen LogP contribution is -2.32. The van der Waals surface area contributed by atoms with Crippen LogP contribution in [0.3, 0.4) is 0 Å². The molecule has 1 saturated carbocycles. The lowest BCUT2D eigenvalue weighted by atomic mass is 10.0. The monoisotopic (exact) mass is 212 g/mol. The minimum absolute atomic E-state index is 0.173. The summed E-state index contributed by atoms with van der Waals surface area (Å²) in [7, 11) is 0. The first kappa shape index (κ1) is 12.5. The summed E-state index contributed by atoms with van der Waals surface area (Å²) in [5.74, 6) is 0.522. The van der Waals surface area contributed by atoms with Gasteiger partial charge in [-0.3, -0.25) is 4.79 Å². The summed E-state index contributed by atoms with van der Waals surface area (Å²) in [5.41, 5.74) is 6.02. The molecule has 1 rings (SSSR count). The summed E-state index contributed by atoms with van der Waals surface area (Å²) in [5, 5.41) is 3.04. The number of rotatable bonds is 7. The van der Waals surface area contributed by atoms with Crippen LogP contribution in [0.25, 0.3) is 0 Å². The minimum atomic E-state index is 0.173. The molecule has 3 nitrogen and oxygen atoms in total. The molecule has 0 aromatic carbocycles. The maximum atomic E-state index is 11.6. The highest BCUT2D eigenvalue weighted by atomic mass is 16.1. The van der Waals surface area contributed by atoms with Crippen molar-refractivity contribution in [1.82, 2.24) is 5.32 Å². The van der Waals surface area contributed by atoms with Crippen molar-refractivity contribution in [2.45, 2.75) is 46.0 Å². The van der Waals surface area contributed by atoms with Crippen molar-refractivity contribution in [2.75, 3.05) is 13.1 Å². The van der Waals surface area contributed by atoms with E-state index < -0.39 is 0 Å². The Balaban J connectivity index is 2.18. The third-order valence-electron chi connectivity index (χ3n) is 3.75. The van der Waals surface area contributed by atoms with Crippen molar-refractivity contribution in [2.24, 2.45) is 17.1 Å². The molecule has 1 amide bonds. The largest absolute Gasteiger partial charge is 0.356 e. The average Bonchev–Trinajstić information content (AvgIpc) is 3.04. The molecule has 1 fully saturated rings. The number of nitrogens with two attached hydrogens (primary N) is 1. The molecule has 0 spiro atoms. The Bertz CT molecular complexity index is 208. The van der Waals surface area contributed by atoms with Gasteiger partial charge in [0.1, 0.15) is 0 Å². The van der Waals surface area contributed by atoms with Gasteiger partial charge in [0, 0.05) is 13.0 Å². The van der Waals surface area contributed by atoms with Gasteiger partial charge in [-0.1, -0.05) is 20.3 Å². The van der Waals surface area contributed by atoms with Crippen LogP contribution in [0.2, 0.25) is 0 Å². The summed E-state index contributed by atoms with van der Waals surface area (Å²) in [4.78, 5) is 11.6. The van der Waals surface area contributed by atoms with E-state index in [4.69, 9.17) is 5.73 Å². The fraction of sp³-hybridized carbons (Fsp3) is 0.917. The minimum Gasteiger partial charge on any atom is -0.356 e. The van der Waals surface area contributed by atoms with E-state index in [1.807, 2.05) is 0 Å². The number of carbonyl (C=O) groups is 1. The molecule has 0 aromatic heterocycles. The first-order valence-corrected chi connectivity index (χ1v) is 6.12. The molecule has 15 heavy (non-hydrogen) atoms. The maximum absolute atomic E-state index is 11.6. The zero-order valence-corrected chi connectivity index (χ0v) is 10.0. The van der Waals surface area contributed by atoms with Crippen LogP contribution < -0.4 is 11.1 Å². The second kappa shape index (κ2) is 5.50. The fourth-order valence-corrected chi connectivity index (χ4v) is 1.85. The van der Waals surface area contributed by atoms with E-state index in [1.165, 1.54) is 19.3 Å². The molecule has 1 atom stereocenters. The molecule has 3 N–H and O–H groups in total. The Morgan fingerprint density at radius 3 is 2.53 bits per heavy atom. The molecule has 3 heteroatoms. The van der Waals surface area contributed by atoms with Gasteiger partial charge in [0.2, 0.25) is 5.91 Å². The topological polar surface area (TPSA) is 55.1 Å². The second-order valence-corrected chi connectivity index (χ2v) is 4.84. The van der Waals surface area contributed by atoms with Crippen molar-refractivity contribution in [3.63, 3.8) is 0 Å². The average molecular weight is 212 g/mol. The molecule has 0 heterocycles. The molecule has 0 radical (unpaired) electrons. The van der Waals surface area contributed by atoms with E-state index in [0.29, 0.717) is 24.3 Å². The van der Waals surface area contributed by atoms with Crippen LogP contribution in [0.5, 0.6) is 0 Å². The van der Waals surface area contributed by atoms with E-state index in [2.05, 4.69) is 19.2 Å². The quantitative estimate of drug-likeness (QED) is 0.674. The highest BCUT2D eigenvalue weighted by Gasteiger charge is 2.40. The third-order valence-corrected chi connectivity index (χ3v) is 3.75. The molecule has 0 aromatic rings. The predicted octanol–water partition coefficient (Wildman–Crippen LogP) is 1.67. The number of amides is 1.